The molecule has 1 saturated heterocycles. The minimum atomic E-state index is -0.238. The van der Waals surface area contributed by atoms with Gasteiger partial charge in [0.15, 0.2) is 5.65 Å². The van der Waals surface area contributed by atoms with Crippen LogP contribution in [-0.2, 0) is 0 Å². The predicted molar refractivity (Wildman–Crippen MR) is 87.9 cm³/mol. The number of nitrogens with zero attached hydrogens (tertiary/aromatic N) is 3. The van der Waals surface area contributed by atoms with E-state index < -0.39 is 0 Å². The summed E-state index contributed by atoms with van der Waals surface area (Å²) in [5.74, 6) is 1.91. The summed E-state index contributed by atoms with van der Waals surface area (Å²) in [5.41, 5.74) is 2.46. The second kappa shape index (κ2) is 5.72. The SMILES string of the molecule is Fc1cccc(-n2c(C3CCCCS3)nc3cccnc32)c1. The lowest BCUT2D eigenvalue weighted by atomic mass is 10.2. The van der Waals surface area contributed by atoms with Crippen molar-refractivity contribution in [2.45, 2.75) is 24.5 Å². The van der Waals surface area contributed by atoms with Crippen LogP contribution in [0.2, 0.25) is 0 Å². The summed E-state index contributed by atoms with van der Waals surface area (Å²) in [5, 5.41) is 0.353. The van der Waals surface area contributed by atoms with Crippen LogP contribution in [0.4, 0.5) is 4.39 Å². The van der Waals surface area contributed by atoms with Crippen molar-refractivity contribution in [1.29, 1.82) is 0 Å². The summed E-state index contributed by atoms with van der Waals surface area (Å²) in [6.07, 6.45) is 5.36. The van der Waals surface area contributed by atoms with Gasteiger partial charge in [-0.3, -0.25) is 4.57 Å². The van der Waals surface area contributed by atoms with Gasteiger partial charge in [0.1, 0.15) is 17.2 Å². The Morgan fingerprint density at radius 1 is 1.18 bits per heavy atom. The highest BCUT2D eigenvalue weighted by Gasteiger charge is 2.24. The highest BCUT2D eigenvalue weighted by atomic mass is 32.2. The zero-order valence-electron chi connectivity index (χ0n) is 12.1. The maximum Gasteiger partial charge on any atom is 0.164 e. The van der Waals surface area contributed by atoms with Crippen LogP contribution in [0.5, 0.6) is 0 Å². The summed E-state index contributed by atoms with van der Waals surface area (Å²) in [6, 6.07) is 10.5. The van der Waals surface area contributed by atoms with E-state index in [1.165, 1.54) is 18.9 Å². The quantitative estimate of drug-likeness (QED) is 0.697. The molecule has 1 aliphatic heterocycles. The molecule has 1 aliphatic rings. The second-order valence-corrected chi connectivity index (χ2v) is 6.80. The average Bonchev–Trinajstić information content (AvgIpc) is 2.95. The monoisotopic (exact) mass is 313 g/mol. The molecule has 22 heavy (non-hydrogen) atoms. The van der Waals surface area contributed by atoms with Crippen LogP contribution in [-0.4, -0.2) is 20.3 Å². The summed E-state index contributed by atoms with van der Waals surface area (Å²) in [4.78, 5) is 9.27. The van der Waals surface area contributed by atoms with E-state index in [1.54, 1.807) is 18.3 Å². The van der Waals surface area contributed by atoms with Gasteiger partial charge >= 0.3 is 0 Å². The smallest absolute Gasteiger partial charge is 0.164 e. The number of benzene rings is 1. The number of rotatable bonds is 2. The molecule has 0 N–H and O–H groups in total. The Balaban J connectivity index is 1.93. The molecule has 5 heteroatoms. The van der Waals surface area contributed by atoms with Crippen LogP contribution < -0.4 is 0 Å². The largest absolute Gasteiger partial charge is 0.280 e. The fourth-order valence-corrected chi connectivity index (χ4v) is 4.26. The standard InChI is InChI=1S/C17H16FN3S/c18-12-5-3-6-13(11-12)21-16-14(7-4-9-19-16)20-17(21)15-8-1-2-10-22-15/h3-7,9,11,15H,1-2,8,10H2. The van der Waals surface area contributed by atoms with Crippen LogP contribution in [0.15, 0.2) is 42.6 Å². The fraction of sp³-hybridized carbons (Fsp3) is 0.294. The van der Waals surface area contributed by atoms with E-state index in [0.29, 0.717) is 5.25 Å². The first-order chi connectivity index (χ1) is 10.8. The van der Waals surface area contributed by atoms with Crippen molar-refractivity contribution < 1.29 is 4.39 Å². The molecule has 1 aromatic carbocycles. The molecule has 1 fully saturated rings. The Morgan fingerprint density at radius 2 is 2.14 bits per heavy atom. The first-order valence-electron chi connectivity index (χ1n) is 7.54. The highest BCUT2D eigenvalue weighted by molar-refractivity contribution is 7.99. The molecule has 112 valence electrons. The maximum atomic E-state index is 13.7. The third kappa shape index (κ3) is 2.39. The molecule has 3 heterocycles. The maximum absolute atomic E-state index is 13.7. The van der Waals surface area contributed by atoms with Gasteiger partial charge in [-0.05, 0) is 48.9 Å². The van der Waals surface area contributed by atoms with Crippen LogP contribution in [0.1, 0.15) is 30.3 Å². The van der Waals surface area contributed by atoms with Crippen molar-refractivity contribution in [3.8, 4) is 5.69 Å². The molecule has 1 atom stereocenters. The molecule has 0 bridgehead atoms. The van der Waals surface area contributed by atoms with E-state index in [4.69, 9.17) is 4.98 Å². The Kier molecular flexibility index (Phi) is 3.58. The topological polar surface area (TPSA) is 30.7 Å². The van der Waals surface area contributed by atoms with Gasteiger partial charge in [-0.25, -0.2) is 14.4 Å². The Morgan fingerprint density at radius 3 is 2.95 bits per heavy atom. The van der Waals surface area contributed by atoms with E-state index in [1.807, 2.05) is 34.5 Å². The number of halogens is 1. The van der Waals surface area contributed by atoms with Gasteiger partial charge in [-0.15, -0.1) is 0 Å². The van der Waals surface area contributed by atoms with Crippen molar-refractivity contribution in [3.05, 3.63) is 54.2 Å². The molecule has 2 aromatic heterocycles. The first-order valence-corrected chi connectivity index (χ1v) is 8.59. The lowest BCUT2D eigenvalue weighted by Gasteiger charge is -2.21. The highest BCUT2D eigenvalue weighted by Crippen LogP contribution is 2.39. The first kappa shape index (κ1) is 13.8. The molecule has 0 aliphatic carbocycles. The number of hydrogen-bond acceptors (Lipinski definition) is 3. The van der Waals surface area contributed by atoms with Gasteiger partial charge in [0.25, 0.3) is 0 Å². The molecule has 4 rings (SSSR count). The second-order valence-electron chi connectivity index (χ2n) is 5.49. The van der Waals surface area contributed by atoms with Crippen molar-refractivity contribution in [3.63, 3.8) is 0 Å². The Hall–Kier alpha value is -1.88. The molecular formula is C17H16FN3S. The predicted octanol–water partition coefficient (Wildman–Crippen LogP) is 4.52. The van der Waals surface area contributed by atoms with E-state index in [9.17, 15) is 4.39 Å². The summed E-state index contributed by atoms with van der Waals surface area (Å²) >= 11 is 1.94. The van der Waals surface area contributed by atoms with Crippen molar-refractivity contribution in [2.75, 3.05) is 5.75 Å². The number of aromatic nitrogens is 3. The van der Waals surface area contributed by atoms with Crippen molar-refractivity contribution >= 4 is 22.9 Å². The number of imidazole rings is 1. The number of pyridine rings is 1. The van der Waals surface area contributed by atoms with E-state index in [2.05, 4.69) is 4.98 Å². The average molecular weight is 313 g/mol. The van der Waals surface area contributed by atoms with Crippen LogP contribution in [0.3, 0.4) is 0 Å². The van der Waals surface area contributed by atoms with Crippen molar-refractivity contribution in [2.24, 2.45) is 0 Å². The molecule has 3 nitrogen and oxygen atoms in total. The lowest BCUT2D eigenvalue weighted by molar-refractivity contribution is 0.624. The normalized spacial score (nSPS) is 18.7. The lowest BCUT2D eigenvalue weighted by Crippen LogP contribution is -2.09. The van der Waals surface area contributed by atoms with Crippen LogP contribution in [0, 0.1) is 5.82 Å². The Bertz CT molecular complexity index is 809. The van der Waals surface area contributed by atoms with E-state index >= 15 is 0 Å². The zero-order valence-corrected chi connectivity index (χ0v) is 12.9. The third-order valence-electron chi connectivity index (χ3n) is 3.98. The minimum absolute atomic E-state index is 0.238. The van der Waals surface area contributed by atoms with Crippen LogP contribution >= 0.6 is 11.8 Å². The van der Waals surface area contributed by atoms with E-state index in [-0.39, 0.29) is 5.82 Å². The van der Waals surface area contributed by atoms with Gasteiger partial charge in [0, 0.05) is 6.20 Å². The number of thioether (sulfide) groups is 1. The number of fused-ring (bicyclic) bond motifs is 1. The Labute approximate surface area is 132 Å². The molecule has 3 aromatic rings. The van der Waals surface area contributed by atoms with Gasteiger partial charge in [0.2, 0.25) is 0 Å². The van der Waals surface area contributed by atoms with Gasteiger partial charge < -0.3 is 0 Å². The third-order valence-corrected chi connectivity index (χ3v) is 5.35. The molecule has 0 saturated carbocycles. The van der Waals surface area contributed by atoms with Gasteiger partial charge in [-0.2, -0.15) is 11.8 Å². The minimum Gasteiger partial charge on any atom is -0.280 e. The van der Waals surface area contributed by atoms with Crippen molar-refractivity contribution in [1.82, 2.24) is 14.5 Å². The molecule has 0 radical (unpaired) electrons. The molecule has 0 amide bonds. The van der Waals surface area contributed by atoms with Crippen LogP contribution in [0.25, 0.3) is 16.9 Å². The molecule has 1 unspecified atom stereocenters. The van der Waals surface area contributed by atoms with Gasteiger partial charge in [-0.1, -0.05) is 12.5 Å². The van der Waals surface area contributed by atoms with Gasteiger partial charge in [0.05, 0.1) is 10.9 Å². The summed E-state index contributed by atoms with van der Waals surface area (Å²) in [6.45, 7) is 0. The summed E-state index contributed by atoms with van der Waals surface area (Å²) < 4.78 is 15.7. The molecular weight excluding hydrogens is 297 g/mol. The van der Waals surface area contributed by atoms with E-state index in [0.717, 1.165) is 34.8 Å². The molecule has 0 spiro atoms. The fourth-order valence-electron chi connectivity index (χ4n) is 2.96. The number of hydrogen-bond donors (Lipinski definition) is 0. The summed E-state index contributed by atoms with van der Waals surface area (Å²) in [7, 11) is 0. The zero-order chi connectivity index (χ0) is 14.9.